The summed E-state index contributed by atoms with van der Waals surface area (Å²) in [6.07, 6.45) is -5.74. The van der Waals surface area contributed by atoms with Gasteiger partial charge < -0.3 is 44.9 Å². The van der Waals surface area contributed by atoms with Crippen molar-refractivity contribution < 1.29 is 49.7 Å². The third-order valence-corrected chi connectivity index (χ3v) is 15.3. The van der Waals surface area contributed by atoms with Crippen molar-refractivity contribution in [3.05, 3.63) is 0 Å². The van der Waals surface area contributed by atoms with Crippen LogP contribution < -0.4 is 0 Å². The molecule has 1 heterocycles. The minimum atomic E-state index is -2.34. The van der Waals surface area contributed by atoms with Gasteiger partial charge in [-0.2, -0.15) is 0 Å². The first-order valence-electron chi connectivity index (χ1n) is 20.3. The van der Waals surface area contributed by atoms with E-state index in [0.29, 0.717) is 6.61 Å². The van der Waals surface area contributed by atoms with Gasteiger partial charge >= 0.3 is 0 Å². The average molecular weight is 920 g/mol. The van der Waals surface area contributed by atoms with Crippen molar-refractivity contribution in [2.45, 2.75) is 206 Å². The monoisotopic (exact) mass is 918 g/mol. The van der Waals surface area contributed by atoms with Gasteiger partial charge in [-0.05, 0) is 157 Å². The van der Waals surface area contributed by atoms with E-state index in [0.717, 1.165) is 0 Å². The summed E-state index contributed by atoms with van der Waals surface area (Å²) < 4.78 is 68.8. The summed E-state index contributed by atoms with van der Waals surface area (Å²) in [4.78, 5) is 14.8. The van der Waals surface area contributed by atoms with Crippen LogP contribution in [0.3, 0.4) is 0 Å². The molecule has 0 radical (unpaired) electrons. The van der Waals surface area contributed by atoms with Crippen LogP contribution in [0.1, 0.15) is 0 Å². The zero-order chi connectivity index (χ0) is 43.4. The predicted octanol–water partition coefficient (Wildman–Crippen LogP) is 9.32. The molecule has 1 rings (SSSR count). The SMILES string of the molecule is C[Si](C)(C)OCC(=O)C(O[C@H]1O[C@H](CO[Si](C)(C)C)[C@@H](O[Si](C)(C)C)[C@H](O[Si](C)(C)C)[C@H]1O[Si](C)(C)C)C(O[Si](C)(C)C)C(CO[Si](C)(C)C)O[Si](C)(C)C. The van der Waals surface area contributed by atoms with Gasteiger partial charge in [0.25, 0.3) is 0 Å². The molecule has 1 aliphatic heterocycles. The van der Waals surface area contributed by atoms with Crippen LogP contribution in [-0.4, -0.2) is 141 Å². The second-order valence-corrected chi connectivity index (χ2v) is 58.7. The number of ether oxygens (including phenoxy) is 2. The van der Waals surface area contributed by atoms with Gasteiger partial charge in [-0.3, -0.25) is 4.79 Å². The smallest absolute Gasteiger partial charge is 0.188 e. The highest BCUT2D eigenvalue weighted by Gasteiger charge is 2.54. The van der Waals surface area contributed by atoms with Crippen molar-refractivity contribution in [2.75, 3.05) is 19.8 Å². The average Bonchev–Trinajstić information content (AvgIpc) is 2.89. The molecule has 3 unspecified atom stereocenters. The van der Waals surface area contributed by atoms with Crippen molar-refractivity contribution in [1.29, 1.82) is 0 Å². The third kappa shape index (κ3) is 24.1. The number of carbonyl (C=O) groups is 1. The Hall–Kier alpha value is 1.01. The lowest BCUT2D eigenvalue weighted by Gasteiger charge is -2.51. The van der Waals surface area contributed by atoms with Gasteiger partial charge in [0, 0.05) is 0 Å². The largest absolute Gasteiger partial charge is 0.415 e. The Kier molecular flexibility index (Phi) is 19.9. The highest BCUT2D eigenvalue weighted by molar-refractivity contribution is 6.72. The first-order valence-corrected chi connectivity index (χ1v) is 47.5. The fourth-order valence-corrected chi connectivity index (χ4v) is 13.0. The number of carbonyl (C=O) groups excluding carboxylic acids is 1. The summed E-state index contributed by atoms with van der Waals surface area (Å²) in [6.45, 7) is 52.0. The van der Waals surface area contributed by atoms with Gasteiger partial charge in [0.15, 0.2) is 78.6 Å². The molecule has 0 bridgehead atoms. The Morgan fingerprint density at radius 3 is 1.31 bits per heavy atom. The number of hydrogen-bond acceptors (Lipinski definition) is 11. The van der Waals surface area contributed by atoms with Crippen molar-refractivity contribution in [2.24, 2.45) is 0 Å². The lowest BCUT2D eigenvalue weighted by Crippen LogP contribution is -2.67. The van der Waals surface area contributed by atoms with Crippen molar-refractivity contribution in [1.82, 2.24) is 0 Å². The number of ketones is 1. The van der Waals surface area contributed by atoms with Gasteiger partial charge in [-0.1, -0.05) is 0 Å². The second kappa shape index (κ2) is 20.3. The maximum absolute atomic E-state index is 14.8. The van der Waals surface area contributed by atoms with Crippen LogP contribution in [0, 0.1) is 0 Å². The molecule has 0 spiro atoms. The first kappa shape index (κ1) is 54.0. The zero-order valence-corrected chi connectivity index (χ0v) is 47.7. The van der Waals surface area contributed by atoms with Crippen LogP contribution in [-0.2, 0) is 49.7 Å². The van der Waals surface area contributed by atoms with Crippen molar-refractivity contribution in [3.8, 4) is 0 Å². The molecule has 0 saturated carbocycles. The molecule has 1 fully saturated rings. The fraction of sp³-hybridized carbons (Fsp3) is 0.972. The van der Waals surface area contributed by atoms with E-state index < -0.39 is 116 Å². The lowest BCUT2D eigenvalue weighted by molar-refractivity contribution is -0.305. The normalized spacial score (nSPS) is 24.5. The van der Waals surface area contributed by atoms with Crippen molar-refractivity contribution >= 4 is 72.3 Å². The van der Waals surface area contributed by atoms with E-state index in [1.165, 1.54) is 0 Å². The van der Waals surface area contributed by atoms with Crippen molar-refractivity contribution in [3.63, 3.8) is 0 Å². The molecule has 0 aromatic rings. The minimum absolute atomic E-state index is 0.120. The molecule has 11 nitrogen and oxygen atoms in total. The molecule has 0 aromatic heterocycles. The summed E-state index contributed by atoms with van der Waals surface area (Å²) in [6, 6.07) is 0. The van der Waals surface area contributed by atoms with Gasteiger partial charge in [0.1, 0.15) is 36.6 Å². The molecule has 0 N–H and O–H groups in total. The van der Waals surface area contributed by atoms with Gasteiger partial charge in [0.2, 0.25) is 0 Å². The molecule has 0 aliphatic carbocycles. The van der Waals surface area contributed by atoms with Crippen LogP contribution in [0.15, 0.2) is 0 Å². The van der Waals surface area contributed by atoms with Gasteiger partial charge in [0.05, 0.1) is 25.9 Å². The van der Waals surface area contributed by atoms with Gasteiger partial charge in [-0.15, -0.1) is 0 Å². The maximum Gasteiger partial charge on any atom is 0.188 e. The molecular formula is C36H86O11Si8. The summed E-state index contributed by atoms with van der Waals surface area (Å²) in [5.41, 5.74) is 0. The fourth-order valence-electron chi connectivity index (χ4n) is 5.65. The molecule has 8 atom stereocenters. The third-order valence-electron chi connectivity index (χ3n) is 7.33. The van der Waals surface area contributed by atoms with E-state index in [4.69, 9.17) is 44.9 Å². The Morgan fingerprint density at radius 2 is 0.909 bits per heavy atom. The van der Waals surface area contributed by atoms with E-state index in [-0.39, 0.29) is 19.0 Å². The maximum atomic E-state index is 14.8. The number of Topliss-reactive ketones (excluding diaryl/α,β-unsaturated/α-hetero) is 1. The van der Waals surface area contributed by atoms with Crippen LogP contribution in [0.2, 0.25) is 157 Å². The zero-order valence-electron chi connectivity index (χ0n) is 39.7. The van der Waals surface area contributed by atoms with Gasteiger partial charge in [-0.25, -0.2) is 0 Å². The summed E-state index contributed by atoms with van der Waals surface area (Å²) in [7, 11) is -17.3. The molecule has 19 heteroatoms. The Bertz CT molecular complexity index is 1170. The number of rotatable bonds is 24. The highest BCUT2D eigenvalue weighted by atomic mass is 28.4. The Balaban J connectivity index is 4.19. The quantitative estimate of drug-likeness (QED) is 0.0865. The topological polar surface area (TPSA) is 109 Å². The van der Waals surface area contributed by atoms with E-state index in [1.807, 2.05) is 0 Å². The molecule has 1 aliphatic rings. The van der Waals surface area contributed by atoms with Crippen LogP contribution in [0.5, 0.6) is 0 Å². The Labute approximate surface area is 346 Å². The summed E-state index contributed by atoms with van der Waals surface area (Å²) >= 11 is 0. The van der Waals surface area contributed by atoms with Crippen LogP contribution in [0.4, 0.5) is 0 Å². The molecule has 55 heavy (non-hydrogen) atoms. The minimum Gasteiger partial charge on any atom is -0.415 e. The first-order chi connectivity index (χ1) is 24.1. The van der Waals surface area contributed by atoms with E-state index >= 15 is 0 Å². The number of hydrogen-bond donors (Lipinski definition) is 0. The second-order valence-electron chi connectivity index (χ2n) is 22.9. The summed E-state index contributed by atoms with van der Waals surface area (Å²) in [5.74, 6) is -0.226. The predicted molar refractivity (Wildman–Crippen MR) is 248 cm³/mol. The van der Waals surface area contributed by atoms with E-state index in [9.17, 15) is 4.79 Å². The molecule has 1 saturated heterocycles. The molecule has 328 valence electrons. The molecule has 0 amide bonds. The summed E-state index contributed by atoms with van der Waals surface area (Å²) in [5, 5.41) is 0. The van der Waals surface area contributed by atoms with Crippen LogP contribution in [0.25, 0.3) is 0 Å². The Morgan fingerprint density at radius 1 is 0.491 bits per heavy atom. The molecular weight excluding hydrogens is 833 g/mol. The standard InChI is InChI=1S/C36H86O11Si8/c1-48(2,3)38-25-28(37)31(33(45-53(16,17)18)30(43-51(10,11)12)27-40-50(7,8)9)42-36-35(47-55(22,23)24)34(46-54(19,20)21)32(44-52(13,14)15)29(41-36)26-39-49(4,5)6/h29-36H,25-27H2,1-24H3/t29-,30?,31?,32-,33?,34+,35-,36-/m1/s1. The highest BCUT2D eigenvalue weighted by Crippen LogP contribution is 2.36. The lowest BCUT2D eigenvalue weighted by atomic mass is 9.98. The van der Waals surface area contributed by atoms with E-state index in [1.54, 1.807) is 0 Å². The molecule has 0 aromatic carbocycles. The van der Waals surface area contributed by atoms with E-state index in [2.05, 4.69) is 157 Å². The van der Waals surface area contributed by atoms with Crippen LogP contribution >= 0.6 is 0 Å².